The minimum Gasteiger partial charge on any atom is -0.314 e. The van der Waals surface area contributed by atoms with Crippen LogP contribution in [0, 0.1) is 6.92 Å². The third kappa shape index (κ3) is 3.99. The van der Waals surface area contributed by atoms with Crippen LogP contribution >= 0.6 is 0 Å². The summed E-state index contributed by atoms with van der Waals surface area (Å²) < 4.78 is 2.20. The second-order valence-electron chi connectivity index (χ2n) is 6.67. The molecule has 1 fully saturated rings. The number of likely N-dealkylation sites (N-methyl/N-ethyl adjacent to an activating group) is 1. The van der Waals surface area contributed by atoms with Crippen molar-refractivity contribution in [3.05, 3.63) is 41.7 Å². The molecule has 3 heterocycles. The zero-order chi connectivity index (χ0) is 16.9. The lowest BCUT2D eigenvalue weighted by Gasteiger charge is -2.24. The van der Waals surface area contributed by atoms with Crippen molar-refractivity contribution in [1.82, 2.24) is 29.5 Å². The van der Waals surface area contributed by atoms with Gasteiger partial charge in [0.2, 0.25) is 0 Å². The maximum atomic E-state index is 4.34. The summed E-state index contributed by atoms with van der Waals surface area (Å²) in [5.74, 6) is 2.08. The van der Waals surface area contributed by atoms with Crippen LogP contribution in [0.3, 0.4) is 0 Å². The Morgan fingerprint density at radius 2 is 2.04 bits per heavy atom. The van der Waals surface area contributed by atoms with E-state index in [0.29, 0.717) is 6.04 Å². The summed E-state index contributed by atoms with van der Waals surface area (Å²) >= 11 is 0. The van der Waals surface area contributed by atoms with Crippen LogP contribution in [0.15, 0.2) is 24.5 Å². The van der Waals surface area contributed by atoms with E-state index in [0.717, 1.165) is 44.2 Å². The molecule has 6 heteroatoms. The van der Waals surface area contributed by atoms with Crippen molar-refractivity contribution in [2.75, 3.05) is 26.7 Å². The van der Waals surface area contributed by atoms with Crippen LogP contribution in [-0.2, 0) is 19.5 Å². The van der Waals surface area contributed by atoms with Crippen molar-refractivity contribution in [3.8, 4) is 0 Å². The fourth-order valence-corrected chi connectivity index (χ4v) is 3.52. The van der Waals surface area contributed by atoms with Crippen molar-refractivity contribution in [3.63, 3.8) is 0 Å². The molecule has 3 rings (SSSR count). The van der Waals surface area contributed by atoms with E-state index < -0.39 is 0 Å². The van der Waals surface area contributed by atoms with Gasteiger partial charge in [-0.1, -0.05) is 0 Å². The minimum absolute atomic E-state index is 0.602. The molecule has 0 amide bonds. The summed E-state index contributed by atoms with van der Waals surface area (Å²) in [7, 11) is 2.21. The fourth-order valence-electron chi connectivity index (χ4n) is 3.52. The average molecular weight is 328 g/mol. The van der Waals surface area contributed by atoms with Gasteiger partial charge in [-0.2, -0.15) is 0 Å². The normalized spacial score (nSPS) is 18.6. The number of rotatable bonds is 7. The Kier molecular flexibility index (Phi) is 5.58. The third-order valence-electron chi connectivity index (χ3n) is 5.06. The molecule has 130 valence electrons. The van der Waals surface area contributed by atoms with Crippen molar-refractivity contribution in [2.45, 2.75) is 45.8 Å². The van der Waals surface area contributed by atoms with Gasteiger partial charge in [-0.25, -0.2) is 0 Å². The standard InChI is InChI=1S/C18H28N6/c1-4-24-15(2)20-21-18(24)14-22(3)17-8-12-23(13-17)11-7-16-5-9-19-10-6-16/h5-6,9-10,17H,4,7-8,11-14H2,1-3H3/t17-/m0/s1. The third-order valence-corrected chi connectivity index (χ3v) is 5.06. The van der Waals surface area contributed by atoms with Gasteiger partial charge in [-0.3, -0.25) is 9.88 Å². The van der Waals surface area contributed by atoms with Gasteiger partial charge in [0, 0.05) is 38.1 Å². The lowest BCUT2D eigenvalue weighted by Crippen LogP contribution is -2.35. The van der Waals surface area contributed by atoms with Crippen LogP contribution in [0.4, 0.5) is 0 Å². The lowest BCUT2D eigenvalue weighted by atomic mass is 10.2. The van der Waals surface area contributed by atoms with Crippen LogP contribution < -0.4 is 0 Å². The van der Waals surface area contributed by atoms with Gasteiger partial charge >= 0.3 is 0 Å². The van der Waals surface area contributed by atoms with Crippen LogP contribution in [0.5, 0.6) is 0 Å². The molecule has 0 saturated carbocycles. The highest BCUT2D eigenvalue weighted by atomic mass is 15.3. The number of pyridine rings is 1. The van der Waals surface area contributed by atoms with Crippen LogP contribution in [0.2, 0.25) is 0 Å². The molecule has 6 nitrogen and oxygen atoms in total. The first kappa shape index (κ1) is 17.0. The predicted molar refractivity (Wildman–Crippen MR) is 94.7 cm³/mol. The van der Waals surface area contributed by atoms with E-state index in [1.54, 1.807) is 0 Å². The summed E-state index contributed by atoms with van der Waals surface area (Å²) in [6, 6.07) is 4.82. The number of hydrogen-bond acceptors (Lipinski definition) is 5. The molecule has 0 radical (unpaired) electrons. The van der Waals surface area contributed by atoms with Crippen molar-refractivity contribution in [1.29, 1.82) is 0 Å². The highest BCUT2D eigenvalue weighted by molar-refractivity contribution is 5.10. The summed E-state index contributed by atoms with van der Waals surface area (Å²) in [6.07, 6.45) is 6.08. The monoisotopic (exact) mass is 328 g/mol. The SMILES string of the molecule is CCn1c(C)nnc1CN(C)[C@H]1CCN(CCc2ccncc2)C1. The van der Waals surface area contributed by atoms with Crippen molar-refractivity contribution >= 4 is 0 Å². The number of hydrogen-bond donors (Lipinski definition) is 0. The number of aryl methyl sites for hydroxylation is 1. The fraction of sp³-hybridized carbons (Fsp3) is 0.611. The molecule has 1 saturated heterocycles. The summed E-state index contributed by atoms with van der Waals surface area (Å²) in [4.78, 5) is 9.08. The Morgan fingerprint density at radius 3 is 2.79 bits per heavy atom. The number of nitrogens with zero attached hydrogens (tertiary/aromatic N) is 6. The quantitative estimate of drug-likeness (QED) is 0.775. The summed E-state index contributed by atoms with van der Waals surface area (Å²) in [5, 5.41) is 8.56. The summed E-state index contributed by atoms with van der Waals surface area (Å²) in [5.41, 5.74) is 1.37. The highest BCUT2D eigenvalue weighted by Gasteiger charge is 2.26. The molecule has 24 heavy (non-hydrogen) atoms. The van der Waals surface area contributed by atoms with Crippen LogP contribution in [0.1, 0.15) is 30.6 Å². The highest BCUT2D eigenvalue weighted by Crippen LogP contribution is 2.17. The first-order chi connectivity index (χ1) is 11.7. The second-order valence-corrected chi connectivity index (χ2v) is 6.67. The number of aromatic nitrogens is 4. The van der Waals surface area contributed by atoms with E-state index in [1.807, 2.05) is 19.3 Å². The van der Waals surface area contributed by atoms with E-state index in [9.17, 15) is 0 Å². The molecule has 0 spiro atoms. The molecule has 0 N–H and O–H groups in total. The zero-order valence-electron chi connectivity index (χ0n) is 15.0. The molecule has 0 aliphatic carbocycles. The van der Waals surface area contributed by atoms with E-state index in [1.165, 1.54) is 18.5 Å². The largest absolute Gasteiger partial charge is 0.314 e. The molecule has 1 aliphatic heterocycles. The summed E-state index contributed by atoms with van der Waals surface area (Å²) in [6.45, 7) is 9.42. The molecule has 1 aliphatic rings. The molecule has 0 bridgehead atoms. The number of likely N-dealkylation sites (tertiary alicyclic amines) is 1. The Labute approximate surface area is 144 Å². The van der Waals surface area contributed by atoms with Crippen molar-refractivity contribution < 1.29 is 0 Å². The van der Waals surface area contributed by atoms with E-state index in [-0.39, 0.29) is 0 Å². The Morgan fingerprint density at radius 1 is 1.25 bits per heavy atom. The lowest BCUT2D eigenvalue weighted by molar-refractivity contribution is 0.218. The van der Waals surface area contributed by atoms with E-state index in [4.69, 9.17) is 0 Å². The zero-order valence-corrected chi connectivity index (χ0v) is 15.0. The van der Waals surface area contributed by atoms with Crippen LogP contribution in [0.25, 0.3) is 0 Å². The first-order valence-corrected chi connectivity index (χ1v) is 8.87. The average Bonchev–Trinajstić information content (AvgIpc) is 3.21. The van der Waals surface area contributed by atoms with Gasteiger partial charge in [0.15, 0.2) is 0 Å². The molecule has 2 aromatic rings. The first-order valence-electron chi connectivity index (χ1n) is 8.87. The molecule has 2 aromatic heterocycles. The molecule has 1 atom stereocenters. The topological polar surface area (TPSA) is 50.1 Å². The minimum atomic E-state index is 0.602. The molecular formula is C18H28N6. The Hall–Kier alpha value is -1.79. The smallest absolute Gasteiger partial charge is 0.147 e. The maximum absolute atomic E-state index is 4.34. The molecule has 0 aromatic carbocycles. The van der Waals surface area contributed by atoms with Gasteiger partial charge in [0.1, 0.15) is 11.6 Å². The van der Waals surface area contributed by atoms with Gasteiger partial charge in [0.05, 0.1) is 6.54 Å². The predicted octanol–water partition coefficient (Wildman–Crippen LogP) is 1.75. The Bertz CT molecular complexity index is 638. The molecule has 0 unspecified atom stereocenters. The van der Waals surface area contributed by atoms with Gasteiger partial charge in [0.25, 0.3) is 0 Å². The molecular weight excluding hydrogens is 300 g/mol. The second kappa shape index (κ2) is 7.85. The van der Waals surface area contributed by atoms with Crippen molar-refractivity contribution in [2.24, 2.45) is 0 Å². The van der Waals surface area contributed by atoms with E-state index in [2.05, 4.69) is 55.7 Å². The van der Waals surface area contributed by atoms with Gasteiger partial charge in [-0.05, 0) is 58.0 Å². The van der Waals surface area contributed by atoms with Gasteiger partial charge < -0.3 is 9.47 Å². The maximum Gasteiger partial charge on any atom is 0.147 e. The van der Waals surface area contributed by atoms with E-state index >= 15 is 0 Å². The Balaban J connectivity index is 1.49. The van der Waals surface area contributed by atoms with Crippen LogP contribution in [-0.4, -0.2) is 62.3 Å². The van der Waals surface area contributed by atoms with Gasteiger partial charge in [-0.15, -0.1) is 10.2 Å².